The first kappa shape index (κ1) is 13.5. The van der Waals surface area contributed by atoms with Crippen LogP contribution in [0.5, 0.6) is 0 Å². The standard InChI is InChI=1S/C4H7NO3.C4H10/c1-8-4(7)2-5-3-6;1-4(2)3/h3H,2H2,1H3,(H,5,6);4H,1-3H3. The van der Waals surface area contributed by atoms with Crippen molar-refractivity contribution in [2.45, 2.75) is 20.8 Å². The van der Waals surface area contributed by atoms with E-state index in [1.165, 1.54) is 7.11 Å². The van der Waals surface area contributed by atoms with Gasteiger partial charge in [0.05, 0.1) is 7.11 Å². The molecule has 0 saturated carbocycles. The predicted molar refractivity (Wildman–Crippen MR) is 46.6 cm³/mol. The summed E-state index contributed by atoms with van der Waals surface area (Å²) in [6.07, 6.45) is 0.441. The number of esters is 1. The Balaban J connectivity index is 0. The molecule has 0 aliphatic heterocycles. The first-order valence-corrected chi connectivity index (χ1v) is 3.78. The number of hydrogen-bond donors (Lipinski definition) is 1. The van der Waals surface area contributed by atoms with E-state index in [4.69, 9.17) is 0 Å². The molecular formula is C8H17NO3. The van der Waals surface area contributed by atoms with Gasteiger partial charge in [0.2, 0.25) is 6.41 Å². The Bertz CT molecular complexity index is 121. The molecule has 0 saturated heterocycles. The molecule has 72 valence electrons. The van der Waals surface area contributed by atoms with Crippen LogP contribution in [0.4, 0.5) is 0 Å². The van der Waals surface area contributed by atoms with E-state index in [1.54, 1.807) is 0 Å². The van der Waals surface area contributed by atoms with Crippen molar-refractivity contribution in [1.82, 2.24) is 5.32 Å². The number of methoxy groups -OCH3 is 1. The number of hydrogen-bond acceptors (Lipinski definition) is 3. The molecule has 0 spiro atoms. The van der Waals surface area contributed by atoms with Crippen molar-refractivity contribution < 1.29 is 14.3 Å². The van der Waals surface area contributed by atoms with Crippen molar-refractivity contribution in [3.05, 3.63) is 0 Å². The average molecular weight is 175 g/mol. The lowest BCUT2D eigenvalue weighted by Gasteiger charge is -1.93. The van der Waals surface area contributed by atoms with Crippen LogP contribution in [-0.2, 0) is 14.3 Å². The minimum Gasteiger partial charge on any atom is -0.468 e. The van der Waals surface area contributed by atoms with Crippen LogP contribution >= 0.6 is 0 Å². The molecule has 0 fully saturated rings. The molecule has 0 atom stereocenters. The molecule has 1 N–H and O–H groups in total. The molecule has 0 bridgehead atoms. The number of amides is 1. The maximum Gasteiger partial charge on any atom is 0.325 e. The van der Waals surface area contributed by atoms with E-state index in [-0.39, 0.29) is 6.54 Å². The van der Waals surface area contributed by atoms with E-state index in [2.05, 4.69) is 30.8 Å². The van der Waals surface area contributed by atoms with Gasteiger partial charge in [-0.1, -0.05) is 20.8 Å². The Morgan fingerprint density at radius 2 is 1.92 bits per heavy atom. The molecule has 0 aromatic rings. The molecule has 0 aliphatic carbocycles. The van der Waals surface area contributed by atoms with Crippen molar-refractivity contribution in [3.8, 4) is 0 Å². The largest absolute Gasteiger partial charge is 0.468 e. The minimum atomic E-state index is -0.447. The highest BCUT2D eigenvalue weighted by Crippen LogP contribution is 1.81. The van der Waals surface area contributed by atoms with Gasteiger partial charge in [-0.05, 0) is 5.92 Å². The SMILES string of the molecule is CC(C)C.COC(=O)CNC=O. The number of ether oxygens (including phenoxy) is 1. The number of nitrogens with one attached hydrogen (secondary N) is 1. The molecule has 0 aromatic heterocycles. The third-order valence-electron chi connectivity index (χ3n) is 0.557. The summed E-state index contributed by atoms with van der Waals surface area (Å²) in [6.45, 7) is 6.44. The normalized spacial score (nSPS) is 8.08. The molecule has 1 amide bonds. The van der Waals surface area contributed by atoms with Gasteiger partial charge >= 0.3 is 5.97 Å². The lowest BCUT2D eigenvalue weighted by molar-refractivity contribution is -0.140. The Hall–Kier alpha value is -1.06. The Kier molecular flexibility index (Phi) is 11.2. The fraction of sp³-hybridized carbons (Fsp3) is 0.750. The van der Waals surface area contributed by atoms with Crippen LogP contribution in [0, 0.1) is 5.92 Å². The van der Waals surface area contributed by atoms with Gasteiger partial charge in [-0.2, -0.15) is 0 Å². The molecule has 0 heterocycles. The van der Waals surface area contributed by atoms with Crippen molar-refractivity contribution in [3.63, 3.8) is 0 Å². The molecule has 0 aromatic carbocycles. The van der Waals surface area contributed by atoms with Crippen LogP contribution in [0.15, 0.2) is 0 Å². The summed E-state index contributed by atoms with van der Waals surface area (Å²) >= 11 is 0. The van der Waals surface area contributed by atoms with Gasteiger partial charge in [0.15, 0.2) is 0 Å². The second-order valence-electron chi connectivity index (χ2n) is 2.81. The molecule has 0 aliphatic rings. The van der Waals surface area contributed by atoms with E-state index < -0.39 is 5.97 Å². The topological polar surface area (TPSA) is 55.4 Å². The fourth-order valence-corrected chi connectivity index (χ4v) is 0.197. The van der Waals surface area contributed by atoms with E-state index in [9.17, 15) is 9.59 Å². The van der Waals surface area contributed by atoms with Gasteiger partial charge < -0.3 is 10.1 Å². The smallest absolute Gasteiger partial charge is 0.325 e. The van der Waals surface area contributed by atoms with Crippen LogP contribution in [0.3, 0.4) is 0 Å². The summed E-state index contributed by atoms with van der Waals surface area (Å²) in [6, 6.07) is 0. The zero-order chi connectivity index (χ0) is 9.98. The first-order valence-electron chi connectivity index (χ1n) is 3.78. The molecule has 12 heavy (non-hydrogen) atoms. The Morgan fingerprint density at radius 1 is 1.50 bits per heavy atom. The highest BCUT2D eigenvalue weighted by Gasteiger charge is 1.93. The van der Waals surface area contributed by atoms with Crippen LogP contribution in [-0.4, -0.2) is 26.0 Å². The lowest BCUT2D eigenvalue weighted by Crippen LogP contribution is -2.21. The van der Waals surface area contributed by atoms with Gasteiger partial charge in [0.25, 0.3) is 0 Å². The molecular weight excluding hydrogens is 158 g/mol. The summed E-state index contributed by atoms with van der Waals surface area (Å²) < 4.78 is 4.19. The lowest BCUT2D eigenvalue weighted by atomic mass is 10.3. The van der Waals surface area contributed by atoms with Gasteiger partial charge in [0, 0.05) is 0 Å². The van der Waals surface area contributed by atoms with E-state index in [0.29, 0.717) is 6.41 Å². The van der Waals surface area contributed by atoms with E-state index >= 15 is 0 Å². The van der Waals surface area contributed by atoms with E-state index in [1.807, 2.05) is 0 Å². The second-order valence-corrected chi connectivity index (χ2v) is 2.81. The van der Waals surface area contributed by atoms with Crippen molar-refractivity contribution in [1.29, 1.82) is 0 Å². The number of rotatable bonds is 3. The maximum absolute atomic E-state index is 10.1. The molecule has 0 rings (SSSR count). The van der Waals surface area contributed by atoms with Crippen LogP contribution < -0.4 is 5.32 Å². The Morgan fingerprint density at radius 3 is 2.17 bits per heavy atom. The van der Waals surface area contributed by atoms with Gasteiger partial charge in [-0.25, -0.2) is 0 Å². The molecule has 0 radical (unpaired) electrons. The zero-order valence-corrected chi connectivity index (χ0v) is 8.09. The van der Waals surface area contributed by atoms with E-state index in [0.717, 1.165) is 5.92 Å². The van der Waals surface area contributed by atoms with Crippen LogP contribution in [0.25, 0.3) is 0 Å². The minimum absolute atomic E-state index is 0.0556. The first-order chi connectivity index (χ1) is 5.54. The quantitative estimate of drug-likeness (QED) is 0.504. The summed E-state index contributed by atoms with van der Waals surface area (Å²) in [5.41, 5.74) is 0. The van der Waals surface area contributed by atoms with Crippen molar-refractivity contribution in [2.75, 3.05) is 13.7 Å². The monoisotopic (exact) mass is 175 g/mol. The third kappa shape index (κ3) is 23.1. The summed E-state index contributed by atoms with van der Waals surface area (Å²) in [5.74, 6) is 0.386. The predicted octanol–water partition coefficient (Wildman–Crippen LogP) is 0.568. The van der Waals surface area contributed by atoms with Crippen LogP contribution in [0.1, 0.15) is 20.8 Å². The highest BCUT2D eigenvalue weighted by molar-refractivity contribution is 5.73. The Labute approximate surface area is 73.3 Å². The second kappa shape index (κ2) is 9.94. The summed E-state index contributed by atoms with van der Waals surface area (Å²) in [4.78, 5) is 19.6. The summed E-state index contributed by atoms with van der Waals surface area (Å²) in [7, 11) is 1.26. The number of carbonyl (C=O) groups is 2. The molecule has 0 unspecified atom stereocenters. The van der Waals surface area contributed by atoms with Crippen LogP contribution in [0.2, 0.25) is 0 Å². The summed E-state index contributed by atoms with van der Waals surface area (Å²) in [5, 5.41) is 2.14. The van der Waals surface area contributed by atoms with Gasteiger partial charge in [0.1, 0.15) is 6.54 Å². The maximum atomic E-state index is 10.1. The average Bonchev–Trinajstić information content (AvgIpc) is 1.99. The fourth-order valence-electron chi connectivity index (χ4n) is 0.197. The van der Waals surface area contributed by atoms with Gasteiger partial charge in [-0.3, -0.25) is 9.59 Å². The highest BCUT2D eigenvalue weighted by atomic mass is 16.5. The molecule has 4 nitrogen and oxygen atoms in total. The van der Waals surface area contributed by atoms with Crippen molar-refractivity contribution in [2.24, 2.45) is 5.92 Å². The van der Waals surface area contributed by atoms with Gasteiger partial charge in [-0.15, -0.1) is 0 Å². The van der Waals surface area contributed by atoms with Crippen molar-refractivity contribution >= 4 is 12.4 Å². The zero-order valence-electron chi connectivity index (χ0n) is 8.09. The third-order valence-corrected chi connectivity index (χ3v) is 0.557. The molecule has 4 heteroatoms. The number of carbonyl (C=O) groups excluding carboxylic acids is 2.